The van der Waals surface area contributed by atoms with Crippen molar-refractivity contribution >= 4 is 0 Å². The van der Waals surface area contributed by atoms with Crippen LogP contribution in [0.3, 0.4) is 0 Å². The maximum atomic E-state index is 6.02. The van der Waals surface area contributed by atoms with Gasteiger partial charge in [0.05, 0.1) is 6.54 Å². The van der Waals surface area contributed by atoms with Gasteiger partial charge in [-0.15, -0.1) is 0 Å². The molecule has 0 amide bonds. The van der Waals surface area contributed by atoms with Gasteiger partial charge in [0.2, 0.25) is 0 Å². The van der Waals surface area contributed by atoms with Gasteiger partial charge in [-0.05, 0) is 42.6 Å². The largest absolute Gasteiger partial charge is 0.458 e. The predicted molar refractivity (Wildman–Crippen MR) is 100 cm³/mol. The van der Waals surface area contributed by atoms with Gasteiger partial charge < -0.3 is 4.42 Å². The molecule has 0 saturated carbocycles. The lowest BCUT2D eigenvalue weighted by Crippen LogP contribution is -2.28. The molecule has 4 heterocycles. The van der Waals surface area contributed by atoms with Crippen molar-refractivity contribution in [3.05, 3.63) is 66.1 Å². The van der Waals surface area contributed by atoms with Gasteiger partial charge in [-0.3, -0.25) is 14.9 Å². The van der Waals surface area contributed by atoms with Crippen LogP contribution < -0.4 is 0 Å². The molecule has 5 nitrogen and oxygen atoms in total. The van der Waals surface area contributed by atoms with Crippen LogP contribution in [0.2, 0.25) is 0 Å². The minimum Gasteiger partial charge on any atom is -0.458 e. The van der Waals surface area contributed by atoms with Crippen LogP contribution in [-0.2, 0) is 6.54 Å². The topological polar surface area (TPSA) is 48.3 Å². The monoisotopic (exact) mass is 348 g/mol. The minimum atomic E-state index is 0.531. The highest BCUT2D eigenvalue weighted by Gasteiger charge is 2.45. The number of nitrogens with zero attached hydrogens (tertiary/aromatic N) is 3. The summed E-state index contributed by atoms with van der Waals surface area (Å²) in [4.78, 5) is 5.08. The summed E-state index contributed by atoms with van der Waals surface area (Å²) in [6.07, 6.45) is 1.75. The van der Waals surface area contributed by atoms with Crippen LogP contribution in [0.4, 0.5) is 0 Å². The molecular formula is C21H24N4O. The van der Waals surface area contributed by atoms with E-state index in [1.165, 1.54) is 12.1 Å². The molecule has 2 aromatic heterocycles. The van der Waals surface area contributed by atoms with E-state index >= 15 is 0 Å². The molecule has 0 aliphatic carbocycles. The summed E-state index contributed by atoms with van der Waals surface area (Å²) in [5, 5.41) is 6.95. The molecule has 2 fully saturated rings. The summed E-state index contributed by atoms with van der Waals surface area (Å²) in [5.41, 5.74) is 2.38. The maximum Gasteiger partial charge on any atom is 0.152 e. The van der Waals surface area contributed by atoms with Gasteiger partial charge in [0.25, 0.3) is 0 Å². The van der Waals surface area contributed by atoms with Crippen LogP contribution in [0.5, 0.6) is 0 Å². The minimum absolute atomic E-state index is 0.531. The molecule has 3 atom stereocenters. The molecular weight excluding hydrogens is 324 g/mol. The predicted octanol–water partition coefficient (Wildman–Crippen LogP) is 3.40. The van der Waals surface area contributed by atoms with Crippen LogP contribution in [0, 0.1) is 11.8 Å². The van der Waals surface area contributed by atoms with Gasteiger partial charge in [-0.2, -0.15) is 5.10 Å². The second-order valence-electron chi connectivity index (χ2n) is 7.65. The number of rotatable bonds is 4. The fourth-order valence-corrected chi connectivity index (χ4v) is 4.85. The number of benzene rings is 1. The normalized spacial score (nSPS) is 26.4. The van der Waals surface area contributed by atoms with Gasteiger partial charge in [-0.1, -0.05) is 30.3 Å². The number of nitrogens with one attached hydrogen (secondary N) is 1. The summed E-state index contributed by atoms with van der Waals surface area (Å²) in [7, 11) is 2.27. The summed E-state index contributed by atoms with van der Waals surface area (Å²) in [6.45, 7) is 4.34. The number of fused-ring (bicyclic) bond motifs is 1. The van der Waals surface area contributed by atoms with E-state index in [0.29, 0.717) is 12.0 Å². The molecule has 26 heavy (non-hydrogen) atoms. The molecule has 2 aliphatic rings. The van der Waals surface area contributed by atoms with Crippen LogP contribution in [0.25, 0.3) is 11.5 Å². The zero-order valence-corrected chi connectivity index (χ0v) is 15.0. The van der Waals surface area contributed by atoms with Gasteiger partial charge >= 0.3 is 0 Å². The Labute approximate surface area is 153 Å². The Balaban J connectivity index is 1.29. The summed E-state index contributed by atoms with van der Waals surface area (Å²) in [5.74, 6) is 3.33. The maximum absolute atomic E-state index is 6.02. The van der Waals surface area contributed by atoms with Crippen LogP contribution in [0.15, 0.2) is 59.1 Å². The Hall–Kier alpha value is -2.37. The van der Waals surface area contributed by atoms with E-state index < -0.39 is 0 Å². The number of likely N-dealkylation sites (tertiary alicyclic amines) is 2. The van der Waals surface area contributed by atoms with Crippen molar-refractivity contribution in [2.75, 3.05) is 26.7 Å². The zero-order chi connectivity index (χ0) is 17.5. The Bertz CT molecular complexity index is 857. The highest BCUT2D eigenvalue weighted by atomic mass is 16.3. The third-order valence-corrected chi connectivity index (χ3v) is 5.92. The summed E-state index contributed by atoms with van der Waals surface area (Å²) < 4.78 is 6.02. The second kappa shape index (κ2) is 6.41. The fraction of sp³-hybridized carbons (Fsp3) is 0.381. The van der Waals surface area contributed by atoms with E-state index in [-0.39, 0.29) is 0 Å². The van der Waals surface area contributed by atoms with Gasteiger partial charge in [0.15, 0.2) is 5.76 Å². The van der Waals surface area contributed by atoms with Crippen LogP contribution in [-0.4, -0.2) is 46.7 Å². The average molecular weight is 348 g/mol. The van der Waals surface area contributed by atoms with Crippen molar-refractivity contribution in [2.45, 2.75) is 12.6 Å². The van der Waals surface area contributed by atoms with Gasteiger partial charge in [0, 0.05) is 31.9 Å². The Kier molecular flexibility index (Phi) is 3.91. The van der Waals surface area contributed by atoms with E-state index in [2.05, 4.69) is 63.4 Å². The number of aromatic nitrogens is 2. The van der Waals surface area contributed by atoms with E-state index in [1.807, 2.05) is 12.1 Å². The SMILES string of the molecule is CN1C[C@H]2CN(Cc3ccc(-c4ccn[nH]4)o3)C[C@H]2[C@@H]1c1ccccc1. The van der Waals surface area contributed by atoms with E-state index in [9.17, 15) is 0 Å². The Morgan fingerprint density at radius 3 is 2.77 bits per heavy atom. The molecule has 134 valence electrons. The van der Waals surface area contributed by atoms with Crippen molar-refractivity contribution in [3.63, 3.8) is 0 Å². The molecule has 3 aromatic rings. The smallest absolute Gasteiger partial charge is 0.152 e. The number of H-pyrrole nitrogens is 1. The lowest BCUT2D eigenvalue weighted by Gasteiger charge is -2.26. The van der Waals surface area contributed by atoms with E-state index in [4.69, 9.17) is 4.42 Å². The quantitative estimate of drug-likeness (QED) is 0.785. The van der Waals surface area contributed by atoms with Crippen LogP contribution in [0.1, 0.15) is 17.4 Å². The zero-order valence-electron chi connectivity index (χ0n) is 15.0. The number of furan rings is 1. The third kappa shape index (κ3) is 2.77. The second-order valence-corrected chi connectivity index (χ2v) is 7.65. The lowest BCUT2D eigenvalue weighted by atomic mass is 9.90. The van der Waals surface area contributed by atoms with Crippen LogP contribution >= 0.6 is 0 Å². The number of hydrogen-bond donors (Lipinski definition) is 1. The Morgan fingerprint density at radius 2 is 1.96 bits per heavy atom. The molecule has 0 bridgehead atoms. The average Bonchev–Trinajstić information content (AvgIpc) is 3.40. The highest BCUT2D eigenvalue weighted by molar-refractivity contribution is 5.51. The molecule has 2 aliphatic heterocycles. The first kappa shape index (κ1) is 15.9. The van der Waals surface area contributed by atoms with Crippen molar-refractivity contribution in [1.29, 1.82) is 0 Å². The van der Waals surface area contributed by atoms with Gasteiger partial charge in [-0.25, -0.2) is 0 Å². The molecule has 0 unspecified atom stereocenters. The van der Waals surface area contributed by atoms with Crippen molar-refractivity contribution < 1.29 is 4.42 Å². The molecule has 5 rings (SSSR count). The molecule has 1 aromatic carbocycles. The van der Waals surface area contributed by atoms with E-state index in [1.54, 1.807) is 6.20 Å². The van der Waals surface area contributed by atoms with Gasteiger partial charge in [0.1, 0.15) is 11.5 Å². The number of hydrogen-bond acceptors (Lipinski definition) is 4. The molecule has 2 saturated heterocycles. The standard InChI is InChI=1S/C21H24N4O/c1-24-11-16-12-25(14-18(16)21(24)15-5-3-2-4-6-15)13-17-7-8-20(26-17)19-9-10-22-23-19/h2-10,16,18,21H,11-14H2,1H3,(H,22,23)/t16-,18+,21-/m0/s1. The molecule has 0 radical (unpaired) electrons. The molecule has 1 N–H and O–H groups in total. The van der Waals surface area contributed by atoms with Crippen molar-refractivity contribution in [2.24, 2.45) is 11.8 Å². The van der Waals surface area contributed by atoms with Crippen molar-refractivity contribution in [3.8, 4) is 11.5 Å². The first-order valence-corrected chi connectivity index (χ1v) is 9.34. The first-order valence-electron chi connectivity index (χ1n) is 9.34. The van der Waals surface area contributed by atoms with Crippen molar-refractivity contribution in [1.82, 2.24) is 20.0 Å². The highest BCUT2D eigenvalue weighted by Crippen LogP contribution is 2.44. The lowest BCUT2D eigenvalue weighted by molar-refractivity contribution is 0.216. The molecule has 5 heteroatoms. The third-order valence-electron chi connectivity index (χ3n) is 5.92. The number of aromatic amines is 1. The molecule has 0 spiro atoms. The fourth-order valence-electron chi connectivity index (χ4n) is 4.85. The summed E-state index contributed by atoms with van der Waals surface area (Å²) >= 11 is 0. The van der Waals surface area contributed by atoms with E-state index in [0.717, 1.165) is 42.8 Å². The summed E-state index contributed by atoms with van der Waals surface area (Å²) in [6, 6.07) is 17.5. The first-order chi connectivity index (χ1) is 12.8. The Morgan fingerprint density at radius 1 is 1.08 bits per heavy atom.